The van der Waals surface area contributed by atoms with Gasteiger partial charge in [0.2, 0.25) is 0 Å². The van der Waals surface area contributed by atoms with Crippen molar-refractivity contribution in [2.24, 2.45) is 0 Å². The Bertz CT molecular complexity index is 1420. The molecule has 0 amide bonds. The monoisotopic (exact) mass is 425 g/mol. The number of nitrogens with two attached hydrogens (primary N) is 1. The molecule has 5 rings (SSSR count). The highest BCUT2D eigenvalue weighted by molar-refractivity contribution is 7.21. The zero-order valence-electron chi connectivity index (χ0n) is 17.0. The molecule has 5 aromatic rings. The van der Waals surface area contributed by atoms with E-state index in [-0.39, 0.29) is 5.91 Å². The number of rotatable bonds is 3. The fraction of sp³-hybridized carbons (Fsp3) is 0.0833. The molecule has 4 heterocycles. The van der Waals surface area contributed by atoms with E-state index < -0.39 is 0 Å². The van der Waals surface area contributed by atoms with Crippen LogP contribution < -0.4 is 5.73 Å². The van der Waals surface area contributed by atoms with Gasteiger partial charge in [-0.15, -0.1) is 11.3 Å². The Morgan fingerprint density at radius 2 is 1.81 bits per heavy atom. The van der Waals surface area contributed by atoms with Crippen molar-refractivity contribution in [1.29, 1.82) is 0 Å². The van der Waals surface area contributed by atoms with Gasteiger partial charge in [0.15, 0.2) is 0 Å². The minimum Gasteiger partial charge on any atom is -0.397 e. The highest BCUT2D eigenvalue weighted by Crippen LogP contribution is 2.41. The van der Waals surface area contributed by atoms with Gasteiger partial charge < -0.3 is 5.73 Å². The summed E-state index contributed by atoms with van der Waals surface area (Å²) in [6, 6.07) is 17.7. The van der Waals surface area contributed by atoms with Gasteiger partial charge in [0, 0.05) is 29.0 Å². The highest BCUT2D eigenvalue weighted by atomic mass is 32.1. The van der Waals surface area contributed by atoms with Crippen LogP contribution in [-0.2, 0) is 0 Å². The summed E-state index contributed by atoms with van der Waals surface area (Å²) in [5.41, 5.74) is 12.2. The first-order chi connectivity index (χ1) is 15.0. The van der Waals surface area contributed by atoms with E-state index in [0.29, 0.717) is 15.4 Å². The van der Waals surface area contributed by atoms with Crippen molar-refractivity contribution >= 4 is 33.1 Å². The number of nitrogens with zero attached hydrogens (tertiary/aromatic N) is 4. The van der Waals surface area contributed by atoms with Gasteiger partial charge in [0.05, 0.1) is 17.1 Å². The Morgan fingerprint density at radius 3 is 2.48 bits per heavy atom. The van der Waals surface area contributed by atoms with E-state index in [4.69, 9.17) is 10.7 Å². The SMILES string of the molecule is Cc1cc(C)n(C(=O)c2sc3nc(-c4cccnc4)cc(-c4ccccc4)c3c2N)n1. The molecule has 4 aromatic heterocycles. The zero-order chi connectivity index (χ0) is 21.5. The molecule has 0 aliphatic heterocycles. The Kier molecular flexibility index (Phi) is 4.60. The highest BCUT2D eigenvalue weighted by Gasteiger charge is 2.24. The van der Waals surface area contributed by atoms with Crippen molar-refractivity contribution in [3.63, 3.8) is 0 Å². The summed E-state index contributed by atoms with van der Waals surface area (Å²) in [4.78, 5) is 23.5. The number of thiophene rings is 1. The van der Waals surface area contributed by atoms with Crippen LogP contribution >= 0.6 is 11.3 Å². The largest absolute Gasteiger partial charge is 0.397 e. The smallest absolute Gasteiger partial charge is 0.290 e. The van der Waals surface area contributed by atoms with Gasteiger partial charge in [0.1, 0.15) is 9.71 Å². The molecule has 0 saturated carbocycles. The number of anilines is 1. The molecule has 7 heteroatoms. The fourth-order valence-corrected chi connectivity index (χ4v) is 4.76. The van der Waals surface area contributed by atoms with Gasteiger partial charge in [-0.2, -0.15) is 5.10 Å². The van der Waals surface area contributed by atoms with Crippen LogP contribution in [0.4, 0.5) is 5.69 Å². The second-order valence-electron chi connectivity index (χ2n) is 7.33. The third-order valence-corrected chi connectivity index (χ3v) is 6.22. The minimum absolute atomic E-state index is 0.243. The molecule has 0 unspecified atom stereocenters. The van der Waals surface area contributed by atoms with Gasteiger partial charge in [-0.25, -0.2) is 9.67 Å². The molecule has 0 spiro atoms. The number of aryl methyl sites for hydroxylation is 2. The van der Waals surface area contributed by atoms with E-state index in [1.165, 1.54) is 16.0 Å². The van der Waals surface area contributed by atoms with Crippen LogP contribution in [0, 0.1) is 13.8 Å². The minimum atomic E-state index is -0.243. The molecule has 2 N–H and O–H groups in total. The van der Waals surface area contributed by atoms with Crippen molar-refractivity contribution in [2.45, 2.75) is 13.8 Å². The molecule has 0 radical (unpaired) electrons. The summed E-state index contributed by atoms with van der Waals surface area (Å²) in [5, 5.41) is 5.12. The van der Waals surface area contributed by atoms with Gasteiger partial charge >= 0.3 is 0 Å². The first-order valence-electron chi connectivity index (χ1n) is 9.79. The van der Waals surface area contributed by atoms with Crippen LogP contribution in [0.1, 0.15) is 21.1 Å². The number of hydrogen-bond acceptors (Lipinski definition) is 6. The average molecular weight is 426 g/mol. The summed E-state index contributed by atoms with van der Waals surface area (Å²) in [5.74, 6) is -0.243. The van der Waals surface area contributed by atoms with Crippen molar-refractivity contribution in [3.05, 3.63) is 83.3 Å². The van der Waals surface area contributed by atoms with E-state index >= 15 is 0 Å². The molecule has 31 heavy (non-hydrogen) atoms. The number of fused-ring (bicyclic) bond motifs is 1. The van der Waals surface area contributed by atoms with E-state index in [9.17, 15) is 4.79 Å². The van der Waals surface area contributed by atoms with Gasteiger partial charge in [-0.3, -0.25) is 9.78 Å². The number of carbonyl (C=O) groups excluding carboxylic acids is 1. The second-order valence-corrected chi connectivity index (χ2v) is 8.33. The normalized spacial score (nSPS) is 11.2. The summed E-state index contributed by atoms with van der Waals surface area (Å²) >= 11 is 1.30. The molecular weight excluding hydrogens is 406 g/mol. The maximum Gasteiger partial charge on any atom is 0.290 e. The number of benzene rings is 1. The lowest BCUT2D eigenvalue weighted by Gasteiger charge is -2.08. The predicted molar refractivity (Wildman–Crippen MR) is 124 cm³/mol. The molecule has 0 aliphatic carbocycles. The van der Waals surface area contributed by atoms with Crippen molar-refractivity contribution in [1.82, 2.24) is 19.7 Å². The number of carbonyl (C=O) groups is 1. The number of nitrogen functional groups attached to an aromatic ring is 1. The molecule has 0 fully saturated rings. The summed E-state index contributed by atoms with van der Waals surface area (Å²) in [6.45, 7) is 3.72. The maximum atomic E-state index is 13.3. The quantitative estimate of drug-likeness (QED) is 0.434. The fourth-order valence-electron chi connectivity index (χ4n) is 3.72. The van der Waals surface area contributed by atoms with E-state index in [0.717, 1.165) is 39.2 Å². The maximum absolute atomic E-state index is 13.3. The number of hydrogen-bond donors (Lipinski definition) is 1. The lowest BCUT2D eigenvalue weighted by atomic mass is 10.00. The number of aromatic nitrogens is 4. The topological polar surface area (TPSA) is 86.7 Å². The first kappa shape index (κ1) is 19.1. The van der Waals surface area contributed by atoms with Gasteiger partial charge in [-0.05, 0) is 49.2 Å². The Hall–Kier alpha value is -3.84. The van der Waals surface area contributed by atoms with E-state index in [1.54, 1.807) is 12.4 Å². The van der Waals surface area contributed by atoms with E-state index in [1.807, 2.05) is 68.4 Å². The van der Waals surface area contributed by atoms with Crippen molar-refractivity contribution in [2.75, 3.05) is 5.73 Å². The molecule has 0 bridgehead atoms. The Morgan fingerprint density at radius 1 is 1.03 bits per heavy atom. The number of pyridine rings is 2. The molecule has 152 valence electrons. The molecule has 1 aromatic carbocycles. The van der Waals surface area contributed by atoms with Gasteiger partial charge in [-0.1, -0.05) is 30.3 Å². The molecule has 6 nitrogen and oxygen atoms in total. The average Bonchev–Trinajstić information content (AvgIpc) is 3.32. The molecule has 0 atom stereocenters. The summed E-state index contributed by atoms with van der Waals surface area (Å²) in [6.07, 6.45) is 3.51. The van der Waals surface area contributed by atoms with Crippen LogP contribution in [0.5, 0.6) is 0 Å². The standard InChI is InChI=1S/C24H19N5OS/c1-14-11-15(2)29(28-14)24(30)22-21(25)20-18(16-7-4-3-5-8-16)12-19(27-23(20)31-22)17-9-6-10-26-13-17/h3-13H,25H2,1-2H3. The molecular formula is C24H19N5OS. The van der Waals surface area contributed by atoms with Crippen LogP contribution in [0.15, 0.2) is 67.0 Å². The lowest BCUT2D eigenvalue weighted by Crippen LogP contribution is -2.15. The molecule has 0 saturated heterocycles. The van der Waals surface area contributed by atoms with Crippen LogP contribution in [0.3, 0.4) is 0 Å². The van der Waals surface area contributed by atoms with Crippen molar-refractivity contribution in [3.8, 4) is 22.4 Å². The predicted octanol–water partition coefficient (Wildman–Crippen LogP) is 5.11. The van der Waals surface area contributed by atoms with Crippen LogP contribution in [0.25, 0.3) is 32.6 Å². The molecule has 0 aliphatic rings. The zero-order valence-corrected chi connectivity index (χ0v) is 17.9. The van der Waals surface area contributed by atoms with Crippen molar-refractivity contribution < 1.29 is 4.79 Å². The third-order valence-electron chi connectivity index (χ3n) is 5.14. The third kappa shape index (κ3) is 3.29. The second kappa shape index (κ2) is 7.45. The van der Waals surface area contributed by atoms with Crippen LogP contribution in [0.2, 0.25) is 0 Å². The van der Waals surface area contributed by atoms with Gasteiger partial charge in [0.25, 0.3) is 5.91 Å². The lowest BCUT2D eigenvalue weighted by molar-refractivity contribution is 0.0947. The Labute approximate surface area is 183 Å². The Balaban J connectivity index is 1.77. The van der Waals surface area contributed by atoms with E-state index in [2.05, 4.69) is 10.1 Å². The summed E-state index contributed by atoms with van der Waals surface area (Å²) in [7, 11) is 0. The van der Waals surface area contributed by atoms with Crippen LogP contribution in [-0.4, -0.2) is 25.7 Å². The summed E-state index contributed by atoms with van der Waals surface area (Å²) < 4.78 is 1.40. The first-order valence-corrected chi connectivity index (χ1v) is 10.6.